The molecule has 1 amide bonds. The lowest BCUT2D eigenvalue weighted by atomic mass is 10.2. The molecule has 0 atom stereocenters. The van der Waals surface area contributed by atoms with Crippen LogP contribution in [-0.4, -0.2) is 56.8 Å². The monoisotopic (exact) mass is 374 g/mol. The third-order valence-corrected chi connectivity index (χ3v) is 6.43. The number of carbonyl (C=O) groups is 1. The minimum Gasteiger partial charge on any atom is -0.497 e. The molecule has 0 bridgehead atoms. The van der Waals surface area contributed by atoms with Crippen molar-refractivity contribution in [2.45, 2.75) is 11.8 Å². The van der Waals surface area contributed by atoms with E-state index in [2.05, 4.69) is 0 Å². The van der Waals surface area contributed by atoms with Crippen molar-refractivity contribution in [3.05, 3.63) is 59.7 Å². The Bertz CT molecular complexity index is 869. The minimum atomic E-state index is -3.52. The number of hydrogen-bond donors (Lipinski definition) is 0. The van der Waals surface area contributed by atoms with Gasteiger partial charge in [-0.3, -0.25) is 4.79 Å². The van der Waals surface area contributed by atoms with Crippen LogP contribution in [0.2, 0.25) is 0 Å². The number of aryl methyl sites for hydroxylation is 1. The summed E-state index contributed by atoms with van der Waals surface area (Å²) in [4.78, 5) is 14.6. The molecule has 0 aromatic heterocycles. The minimum absolute atomic E-state index is 0.0972. The molecule has 7 heteroatoms. The molecule has 3 rings (SSSR count). The van der Waals surface area contributed by atoms with Gasteiger partial charge in [0.2, 0.25) is 10.0 Å². The number of nitrogens with zero attached hydrogens (tertiary/aromatic N) is 2. The molecule has 0 spiro atoms. The molecule has 0 radical (unpaired) electrons. The number of rotatable bonds is 4. The van der Waals surface area contributed by atoms with Gasteiger partial charge in [0.25, 0.3) is 5.91 Å². The van der Waals surface area contributed by atoms with Crippen LogP contribution in [0.25, 0.3) is 0 Å². The van der Waals surface area contributed by atoms with E-state index >= 15 is 0 Å². The molecule has 1 saturated heterocycles. The van der Waals surface area contributed by atoms with E-state index in [0.717, 1.165) is 5.56 Å². The first-order valence-corrected chi connectivity index (χ1v) is 9.86. The molecule has 0 N–H and O–H groups in total. The molecule has 2 aromatic rings. The maximum atomic E-state index is 12.7. The predicted octanol–water partition coefficient (Wildman–Crippen LogP) is 2.15. The lowest BCUT2D eigenvalue weighted by Crippen LogP contribution is -2.50. The second kappa shape index (κ2) is 7.47. The summed E-state index contributed by atoms with van der Waals surface area (Å²) in [6.07, 6.45) is 0. The van der Waals surface area contributed by atoms with Crippen molar-refractivity contribution >= 4 is 15.9 Å². The van der Waals surface area contributed by atoms with E-state index in [1.54, 1.807) is 60.5 Å². The largest absolute Gasteiger partial charge is 0.497 e. The summed E-state index contributed by atoms with van der Waals surface area (Å²) >= 11 is 0. The number of benzene rings is 2. The summed E-state index contributed by atoms with van der Waals surface area (Å²) in [5, 5.41) is 0. The van der Waals surface area contributed by atoms with E-state index in [1.165, 1.54) is 4.31 Å². The van der Waals surface area contributed by atoms with Crippen LogP contribution in [0.3, 0.4) is 0 Å². The van der Waals surface area contributed by atoms with Crippen LogP contribution in [0.1, 0.15) is 15.9 Å². The lowest BCUT2D eigenvalue weighted by molar-refractivity contribution is 0.0698. The molecule has 1 heterocycles. The normalized spacial score (nSPS) is 15.7. The van der Waals surface area contributed by atoms with Gasteiger partial charge in [0, 0.05) is 31.7 Å². The van der Waals surface area contributed by atoms with Crippen LogP contribution in [0, 0.1) is 6.92 Å². The van der Waals surface area contributed by atoms with E-state index in [0.29, 0.717) is 24.4 Å². The fourth-order valence-corrected chi connectivity index (χ4v) is 4.33. The molecule has 26 heavy (non-hydrogen) atoms. The predicted molar refractivity (Wildman–Crippen MR) is 98.8 cm³/mol. The van der Waals surface area contributed by atoms with Gasteiger partial charge >= 0.3 is 0 Å². The Hall–Kier alpha value is -2.38. The van der Waals surface area contributed by atoms with Crippen LogP contribution >= 0.6 is 0 Å². The smallest absolute Gasteiger partial charge is 0.253 e. The van der Waals surface area contributed by atoms with Crippen LogP contribution in [0.15, 0.2) is 53.4 Å². The molecule has 2 aromatic carbocycles. The molecular weight excluding hydrogens is 352 g/mol. The molecule has 1 aliphatic heterocycles. The summed E-state index contributed by atoms with van der Waals surface area (Å²) in [5.41, 5.74) is 1.58. The number of sulfonamides is 1. The third kappa shape index (κ3) is 3.73. The molecule has 1 fully saturated rings. The summed E-state index contributed by atoms with van der Waals surface area (Å²) in [6.45, 7) is 3.24. The zero-order valence-electron chi connectivity index (χ0n) is 14.9. The van der Waals surface area contributed by atoms with Crippen molar-refractivity contribution in [3.8, 4) is 5.75 Å². The van der Waals surface area contributed by atoms with Crippen LogP contribution in [0.5, 0.6) is 5.75 Å². The summed E-state index contributed by atoms with van der Waals surface area (Å²) in [6, 6.07) is 13.7. The Morgan fingerprint density at radius 1 is 0.923 bits per heavy atom. The van der Waals surface area contributed by atoms with Crippen molar-refractivity contribution in [3.63, 3.8) is 0 Å². The Kier molecular flexibility index (Phi) is 5.29. The van der Waals surface area contributed by atoms with Crippen molar-refractivity contribution in [1.29, 1.82) is 0 Å². The molecule has 1 aliphatic rings. The third-order valence-electron chi connectivity index (χ3n) is 4.52. The van der Waals surface area contributed by atoms with Gasteiger partial charge in [-0.25, -0.2) is 8.42 Å². The maximum Gasteiger partial charge on any atom is 0.253 e. The Labute approximate surface area is 154 Å². The van der Waals surface area contributed by atoms with Gasteiger partial charge in [0.1, 0.15) is 5.75 Å². The first kappa shape index (κ1) is 18.4. The van der Waals surface area contributed by atoms with Gasteiger partial charge < -0.3 is 9.64 Å². The van der Waals surface area contributed by atoms with Gasteiger partial charge in [0.15, 0.2) is 0 Å². The van der Waals surface area contributed by atoms with E-state index in [1.807, 2.05) is 6.92 Å². The highest BCUT2D eigenvalue weighted by molar-refractivity contribution is 7.89. The van der Waals surface area contributed by atoms with Gasteiger partial charge in [-0.1, -0.05) is 17.7 Å². The van der Waals surface area contributed by atoms with Crippen molar-refractivity contribution in [1.82, 2.24) is 9.21 Å². The zero-order chi connectivity index (χ0) is 18.7. The Morgan fingerprint density at radius 2 is 1.50 bits per heavy atom. The van der Waals surface area contributed by atoms with Crippen LogP contribution in [0.4, 0.5) is 0 Å². The van der Waals surface area contributed by atoms with E-state index in [4.69, 9.17) is 4.74 Å². The molecule has 0 aliphatic carbocycles. The highest BCUT2D eigenvalue weighted by Gasteiger charge is 2.30. The summed E-state index contributed by atoms with van der Waals surface area (Å²) in [5.74, 6) is 0.593. The number of ether oxygens (including phenoxy) is 1. The average molecular weight is 374 g/mol. The summed E-state index contributed by atoms with van der Waals surface area (Å²) in [7, 11) is -1.95. The first-order valence-electron chi connectivity index (χ1n) is 8.42. The number of hydrogen-bond acceptors (Lipinski definition) is 4. The van der Waals surface area contributed by atoms with E-state index < -0.39 is 10.0 Å². The van der Waals surface area contributed by atoms with Gasteiger partial charge in [-0.05, 0) is 43.3 Å². The maximum absolute atomic E-state index is 12.7. The lowest BCUT2D eigenvalue weighted by Gasteiger charge is -2.34. The standard InChI is InChI=1S/C19H22N2O4S/c1-15-3-9-18(10-4-15)26(23,24)21-13-11-20(12-14-21)19(22)16-5-7-17(25-2)8-6-16/h3-10H,11-14H2,1-2H3. The van der Waals surface area contributed by atoms with Gasteiger partial charge in [-0.2, -0.15) is 4.31 Å². The van der Waals surface area contributed by atoms with Crippen LogP contribution in [-0.2, 0) is 10.0 Å². The fourth-order valence-electron chi connectivity index (χ4n) is 2.91. The molecule has 0 unspecified atom stereocenters. The zero-order valence-corrected chi connectivity index (χ0v) is 15.7. The second-order valence-corrected chi connectivity index (χ2v) is 8.18. The Morgan fingerprint density at radius 3 is 2.04 bits per heavy atom. The average Bonchev–Trinajstić information content (AvgIpc) is 2.68. The van der Waals surface area contributed by atoms with Gasteiger partial charge in [0.05, 0.1) is 12.0 Å². The number of amides is 1. The quantitative estimate of drug-likeness (QED) is 0.822. The van der Waals surface area contributed by atoms with Crippen LogP contribution < -0.4 is 4.74 Å². The molecule has 6 nitrogen and oxygen atoms in total. The number of piperazine rings is 1. The number of carbonyl (C=O) groups excluding carboxylic acids is 1. The van der Waals surface area contributed by atoms with Crippen molar-refractivity contribution < 1.29 is 17.9 Å². The SMILES string of the molecule is COc1ccc(C(=O)N2CCN(S(=O)(=O)c3ccc(C)cc3)CC2)cc1. The fraction of sp³-hybridized carbons (Fsp3) is 0.316. The molecular formula is C19H22N2O4S. The van der Waals surface area contributed by atoms with Crippen molar-refractivity contribution in [2.75, 3.05) is 33.3 Å². The summed E-state index contributed by atoms with van der Waals surface area (Å²) < 4.78 is 32.0. The highest BCUT2D eigenvalue weighted by atomic mass is 32.2. The number of methoxy groups -OCH3 is 1. The molecule has 0 saturated carbocycles. The highest BCUT2D eigenvalue weighted by Crippen LogP contribution is 2.19. The second-order valence-electron chi connectivity index (χ2n) is 6.24. The molecule has 138 valence electrons. The van der Waals surface area contributed by atoms with Crippen molar-refractivity contribution in [2.24, 2.45) is 0 Å². The van der Waals surface area contributed by atoms with Gasteiger partial charge in [-0.15, -0.1) is 0 Å². The Balaban J connectivity index is 1.66. The topological polar surface area (TPSA) is 66.9 Å². The first-order chi connectivity index (χ1) is 12.4. The van der Waals surface area contributed by atoms with E-state index in [9.17, 15) is 13.2 Å². The van der Waals surface area contributed by atoms with E-state index in [-0.39, 0.29) is 23.9 Å².